The maximum absolute atomic E-state index is 10.9. The lowest BCUT2D eigenvalue weighted by Gasteiger charge is -2.29. The highest BCUT2D eigenvalue weighted by atomic mass is 16.5. The van der Waals surface area contributed by atoms with E-state index in [2.05, 4.69) is 22.0 Å². The molecule has 106 valence electrons. The predicted octanol–water partition coefficient (Wildman–Crippen LogP) is 0.232. The van der Waals surface area contributed by atoms with Crippen LogP contribution >= 0.6 is 0 Å². The Balaban J connectivity index is 2.01. The number of piperidine rings is 1. The second kappa shape index (κ2) is 8.45. The first-order chi connectivity index (χ1) is 8.61. The Kier molecular flexibility index (Phi) is 7.23. The van der Waals surface area contributed by atoms with Crippen molar-refractivity contribution in [2.24, 2.45) is 5.92 Å². The van der Waals surface area contributed by atoms with E-state index in [4.69, 9.17) is 0 Å². The molecule has 1 aliphatic rings. The molecule has 0 amide bonds. The van der Waals surface area contributed by atoms with Gasteiger partial charge in [-0.25, -0.2) is 0 Å². The molecule has 0 aromatic rings. The van der Waals surface area contributed by atoms with E-state index >= 15 is 0 Å². The SMILES string of the molecule is COC(=O)CCC(O)CNCC1CCN(C)CC1. The van der Waals surface area contributed by atoms with E-state index in [0.29, 0.717) is 18.9 Å². The van der Waals surface area contributed by atoms with Crippen LogP contribution in [0.15, 0.2) is 0 Å². The third-order valence-electron chi connectivity index (χ3n) is 3.56. The molecule has 1 unspecified atom stereocenters. The molecule has 0 radical (unpaired) electrons. The summed E-state index contributed by atoms with van der Waals surface area (Å²) < 4.78 is 4.54. The minimum absolute atomic E-state index is 0.260. The molecular weight excluding hydrogens is 232 g/mol. The van der Waals surface area contributed by atoms with Gasteiger partial charge in [-0.3, -0.25) is 4.79 Å². The summed E-state index contributed by atoms with van der Waals surface area (Å²) >= 11 is 0. The zero-order valence-electron chi connectivity index (χ0n) is 11.5. The van der Waals surface area contributed by atoms with Crippen LogP contribution in [0.1, 0.15) is 25.7 Å². The molecule has 1 heterocycles. The molecule has 2 N–H and O–H groups in total. The monoisotopic (exact) mass is 258 g/mol. The normalized spacial score (nSPS) is 19.7. The van der Waals surface area contributed by atoms with Crippen molar-refractivity contribution in [3.05, 3.63) is 0 Å². The van der Waals surface area contributed by atoms with E-state index in [-0.39, 0.29) is 12.4 Å². The molecule has 0 saturated carbocycles. The fourth-order valence-corrected chi connectivity index (χ4v) is 2.21. The van der Waals surface area contributed by atoms with Crippen molar-refractivity contribution in [3.63, 3.8) is 0 Å². The quantitative estimate of drug-likeness (QED) is 0.640. The number of hydrogen-bond acceptors (Lipinski definition) is 5. The average molecular weight is 258 g/mol. The predicted molar refractivity (Wildman–Crippen MR) is 70.3 cm³/mol. The van der Waals surface area contributed by atoms with Crippen LogP contribution in [0, 0.1) is 5.92 Å². The molecule has 1 aliphatic heterocycles. The number of nitrogens with zero attached hydrogens (tertiary/aromatic N) is 1. The van der Waals surface area contributed by atoms with E-state index in [0.717, 1.165) is 19.6 Å². The van der Waals surface area contributed by atoms with Gasteiger partial charge in [0.15, 0.2) is 0 Å². The molecule has 0 bridgehead atoms. The van der Waals surface area contributed by atoms with Crippen LogP contribution in [0.2, 0.25) is 0 Å². The topological polar surface area (TPSA) is 61.8 Å². The lowest BCUT2D eigenvalue weighted by Crippen LogP contribution is -2.37. The number of aliphatic hydroxyl groups is 1. The van der Waals surface area contributed by atoms with Crippen molar-refractivity contribution in [2.45, 2.75) is 31.8 Å². The highest BCUT2D eigenvalue weighted by Crippen LogP contribution is 2.14. The van der Waals surface area contributed by atoms with Gasteiger partial charge in [0.2, 0.25) is 0 Å². The number of carbonyl (C=O) groups excluding carboxylic acids is 1. The number of esters is 1. The van der Waals surface area contributed by atoms with Gasteiger partial charge in [-0.1, -0.05) is 0 Å². The summed E-state index contributed by atoms with van der Waals surface area (Å²) in [6.45, 7) is 3.85. The summed E-state index contributed by atoms with van der Waals surface area (Å²) in [5, 5.41) is 13.0. The van der Waals surface area contributed by atoms with Gasteiger partial charge in [-0.2, -0.15) is 0 Å². The Hall–Kier alpha value is -0.650. The zero-order chi connectivity index (χ0) is 13.4. The lowest BCUT2D eigenvalue weighted by atomic mass is 9.97. The van der Waals surface area contributed by atoms with E-state index < -0.39 is 6.10 Å². The van der Waals surface area contributed by atoms with Crippen LogP contribution in [0.3, 0.4) is 0 Å². The van der Waals surface area contributed by atoms with Crippen molar-refractivity contribution in [1.29, 1.82) is 0 Å². The summed E-state index contributed by atoms with van der Waals surface area (Å²) in [5.74, 6) is 0.457. The average Bonchev–Trinajstić information content (AvgIpc) is 2.38. The highest BCUT2D eigenvalue weighted by Gasteiger charge is 2.16. The van der Waals surface area contributed by atoms with Gasteiger partial charge < -0.3 is 20.1 Å². The Labute approximate surface area is 109 Å². The number of methoxy groups -OCH3 is 1. The summed E-state index contributed by atoms with van der Waals surface area (Å²) in [7, 11) is 3.52. The third kappa shape index (κ3) is 6.33. The molecule has 0 aromatic carbocycles. The fourth-order valence-electron chi connectivity index (χ4n) is 2.21. The fraction of sp³-hybridized carbons (Fsp3) is 0.923. The van der Waals surface area contributed by atoms with Gasteiger partial charge in [0.05, 0.1) is 13.2 Å². The second-order valence-electron chi connectivity index (χ2n) is 5.17. The highest BCUT2D eigenvalue weighted by molar-refractivity contribution is 5.69. The number of aliphatic hydroxyl groups excluding tert-OH is 1. The largest absolute Gasteiger partial charge is 0.469 e. The summed E-state index contributed by atoms with van der Waals surface area (Å²) in [4.78, 5) is 13.3. The van der Waals surface area contributed by atoms with E-state index in [9.17, 15) is 9.90 Å². The van der Waals surface area contributed by atoms with Crippen molar-refractivity contribution in [3.8, 4) is 0 Å². The van der Waals surface area contributed by atoms with Crippen LogP contribution in [0.25, 0.3) is 0 Å². The summed E-state index contributed by atoms with van der Waals surface area (Å²) in [6, 6.07) is 0. The Morgan fingerprint density at radius 2 is 2.17 bits per heavy atom. The lowest BCUT2D eigenvalue weighted by molar-refractivity contribution is -0.141. The van der Waals surface area contributed by atoms with E-state index in [1.165, 1.54) is 20.0 Å². The zero-order valence-corrected chi connectivity index (χ0v) is 11.5. The summed E-state index contributed by atoms with van der Waals surface area (Å²) in [5.41, 5.74) is 0. The summed E-state index contributed by atoms with van der Waals surface area (Å²) in [6.07, 6.45) is 2.74. The molecule has 1 rings (SSSR count). The molecule has 0 spiro atoms. The minimum atomic E-state index is -0.463. The molecule has 5 heteroatoms. The third-order valence-corrected chi connectivity index (χ3v) is 3.56. The van der Waals surface area contributed by atoms with Gasteiger partial charge in [0.25, 0.3) is 0 Å². The number of ether oxygens (including phenoxy) is 1. The number of rotatable bonds is 7. The Morgan fingerprint density at radius 3 is 2.78 bits per heavy atom. The van der Waals surface area contributed by atoms with Gasteiger partial charge in [0, 0.05) is 13.0 Å². The molecular formula is C13H26N2O3. The van der Waals surface area contributed by atoms with Crippen LogP contribution in [0.5, 0.6) is 0 Å². The Bertz CT molecular complexity index is 240. The number of nitrogens with one attached hydrogen (secondary N) is 1. The van der Waals surface area contributed by atoms with Crippen molar-refractivity contribution in [1.82, 2.24) is 10.2 Å². The first kappa shape index (κ1) is 15.4. The smallest absolute Gasteiger partial charge is 0.305 e. The molecule has 1 fully saturated rings. The van der Waals surface area contributed by atoms with Crippen LogP contribution < -0.4 is 5.32 Å². The van der Waals surface area contributed by atoms with Crippen molar-refractivity contribution >= 4 is 5.97 Å². The second-order valence-corrected chi connectivity index (χ2v) is 5.17. The number of hydrogen-bond donors (Lipinski definition) is 2. The van der Waals surface area contributed by atoms with E-state index in [1.54, 1.807) is 0 Å². The van der Waals surface area contributed by atoms with Crippen molar-refractivity contribution < 1.29 is 14.6 Å². The Morgan fingerprint density at radius 1 is 1.50 bits per heavy atom. The standard InChI is InChI=1S/C13H26N2O3/c1-15-7-5-11(6-8-15)9-14-10-12(16)3-4-13(17)18-2/h11-12,14,16H,3-10H2,1-2H3. The molecule has 18 heavy (non-hydrogen) atoms. The molecule has 1 atom stereocenters. The number of carbonyl (C=O) groups is 1. The van der Waals surface area contributed by atoms with E-state index in [1.807, 2.05) is 0 Å². The molecule has 0 aliphatic carbocycles. The minimum Gasteiger partial charge on any atom is -0.469 e. The molecule has 5 nitrogen and oxygen atoms in total. The van der Waals surface area contributed by atoms with Crippen LogP contribution in [0.4, 0.5) is 0 Å². The molecule has 1 saturated heterocycles. The van der Waals surface area contributed by atoms with Crippen LogP contribution in [-0.4, -0.2) is 62.4 Å². The van der Waals surface area contributed by atoms with Crippen molar-refractivity contribution in [2.75, 3.05) is 40.3 Å². The van der Waals surface area contributed by atoms with Gasteiger partial charge in [0.1, 0.15) is 0 Å². The number of likely N-dealkylation sites (tertiary alicyclic amines) is 1. The molecule has 0 aromatic heterocycles. The van der Waals surface area contributed by atoms with Gasteiger partial charge in [-0.15, -0.1) is 0 Å². The van der Waals surface area contributed by atoms with Crippen LogP contribution in [-0.2, 0) is 9.53 Å². The first-order valence-electron chi connectivity index (χ1n) is 6.76. The van der Waals surface area contributed by atoms with Gasteiger partial charge >= 0.3 is 5.97 Å². The first-order valence-corrected chi connectivity index (χ1v) is 6.76. The maximum Gasteiger partial charge on any atom is 0.305 e. The maximum atomic E-state index is 10.9. The van der Waals surface area contributed by atoms with Gasteiger partial charge in [-0.05, 0) is 51.9 Å².